The van der Waals surface area contributed by atoms with E-state index >= 15 is 0 Å². The van der Waals surface area contributed by atoms with Crippen LogP contribution in [0.3, 0.4) is 0 Å². The van der Waals surface area contributed by atoms with E-state index in [1.165, 1.54) is 0 Å². The summed E-state index contributed by atoms with van der Waals surface area (Å²) in [5, 5.41) is 0. The molecule has 0 spiro atoms. The van der Waals surface area contributed by atoms with E-state index in [1.54, 1.807) is 4.90 Å². The van der Waals surface area contributed by atoms with Crippen molar-refractivity contribution in [3.05, 3.63) is 35.9 Å². The zero-order valence-corrected chi connectivity index (χ0v) is 15.7. The van der Waals surface area contributed by atoms with Crippen molar-refractivity contribution in [2.45, 2.75) is 52.2 Å². The standard InChI is InChI=1S/C21H29NO3/c1-17(24-16-8-11-18-9-6-5-7-10-18)19-12-14-22(15-13-19)20(23)25-21(2,3)4/h5-7,9-10,17,19H,12-16H2,1-4H3. The van der Waals surface area contributed by atoms with Crippen molar-refractivity contribution in [1.82, 2.24) is 4.90 Å². The maximum Gasteiger partial charge on any atom is 0.410 e. The topological polar surface area (TPSA) is 38.8 Å². The van der Waals surface area contributed by atoms with Gasteiger partial charge in [-0.3, -0.25) is 0 Å². The summed E-state index contributed by atoms with van der Waals surface area (Å²) in [7, 11) is 0. The van der Waals surface area contributed by atoms with Gasteiger partial charge in [0, 0.05) is 18.7 Å². The third-order valence-corrected chi connectivity index (χ3v) is 4.28. The van der Waals surface area contributed by atoms with Gasteiger partial charge >= 0.3 is 6.09 Å². The molecule has 1 unspecified atom stereocenters. The van der Waals surface area contributed by atoms with Crippen LogP contribution in [0.5, 0.6) is 0 Å². The first-order valence-electron chi connectivity index (χ1n) is 8.98. The molecule has 1 aromatic rings. The van der Waals surface area contributed by atoms with E-state index in [0.717, 1.165) is 31.5 Å². The highest BCUT2D eigenvalue weighted by Gasteiger charge is 2.29. The lowest BCUT2D eigenvalue weighted by molar-refractivity contribution is -0.00266. The Balaban J connectivity index is 1.71. The first kappa shape index (κ1) is 19.3. The third kappa shape index (κ3) is 6.80. The number of likely N-dealkylation sites (tertiary alicyclic amines) is 1. The molecule has 0 aromatic heterocycles. The van der Waals surface area contributed by atoms with Gasteiger partial charge in [0.1, 0.15) is 12.2 Å². The van der Waals surface area contributed by atoms with Crippen LogP contribution in [0.4, 0.5) is 4.79 Å². The van der Waals surface area contributed by atoms with E-state index in [0.29, 0.717) is 12.5 Å². The molecule has 1 heterocycles. The number of rotatable bonds is 3. The Morgan fingerprint density at radius 2 is 1.88 bits per heavy atom. The first-order valence-corrected chi connectivity index (χ1v) is 8.98. The molecule has 1 fully saturated rings. The summed E-state index contributed by atoms with van der Waals surface area (Å²) in [6, 6.07) is 9.91. The minimum Gasteiger partial charge on any atom is -0.444 e. The lowest BCUT2D eigenvalue weighted by atomic mass is 9.92. The van der Waals surface area contributed by atoms with Gasteiger partial charge in [0.2, 0.25) is 0 Å². The van der Waals surface area contributed by atoms with Gasteiger partial charge in [-0.15, -0.1) is 0 Å². The van der Waals surface area contributed by atoms with E-state index in [4.69, 9.17) is 9.47 Å². The number of hydrogen-bond donors (Lipinski definition) is 0. The summed E-state index contributed by atoms with van der Waals surface area (Å²) in [6.07, 6.45) is 1.80. The molecule has 4 nitrogen and oxygen atoms in total. The van der Waals surface area contributed by atoms with Crippen LogP contribution in [-0.4, -0.2) is 42.4 Å². The van der Waals surface area contributed by atoms with Crippen LogP contribution in [0.2, 0.25) is 0 Å². The molecular formula is C21H29NO3. The Labute approximate surface area is 151 Å². The molecular weight excluding hydrogens is 314 g/mol. The fraction of sp³-hybridized carbons (Fsp3) is 0.571. The van der Waals surface area contributed by atoms with Crippen LogP contribution in [0, 0.1) is 17.8 Å². The van der Waals surface area contributed by atoms with Crippen molar-refractivity contribution < 1.29 is 14.3 Å². The predicted octanol–water partition coefficient (Wildman–Crippen LogP) is 4.09. The molecule has 0 aliphatic carbocycles. The van der Waals surface area contributed by atoms with Crippen molar-refractivity contribution in [3.63, 3.8) is 0 Å². The monoisotopic (exact) mass is 343 g/mol. The van der Waals surface area contributed by atoms with Gasteiger partial charge in [-0.25, -0.2) is 4.79 Å². The first-order chi connectivity index (χ1) is 11.8. The second kappa shape index (κ2) is 8.92. The van der Waals surface area contributed by atoms with Crippen molar-refractivity contribution in [1.29, 1.82) is 0 Å². The number of hydrogen-bond acceptors (Lipinski definition) is 3. The molecule has 2 rings (SSSR count). The van der Waals surface area contributed by atoms with Crippen LogP contribution < -0.4 is 0 Å². The van der Waals surface area contributed by atoms with Crippen LogP contribution in [-0.2, 0) is 9.47 Å². The number of carbonyl (C=O) groups is 1. The maximum absolute atomic E-state index is 12.1. The molecule has 0 bridgehead atoms. The Morgan fingerprint density at radius 1 is 1.24 bits per heavy atom. The second-order valence-corrected chi connectivity index (χ2v) is 7.49. The molecule has 1 amide bonds. The van der Waals surface area contributed by atoms with Gasteiger partial charge in [-0.1, -0.05) is 30.0 Å². The number of amides is 1. The number of nitrogens with zero attached hydrogens (tertiary/aromatic N) is 1. The minimum atomic E-state index is -0.443. The number of ether oxygens (including phenoxy) is 2. The average Bonchev–Trinajstić information content (AvgIpc) is 2.58. The molecule has 1 aliphatic rings. The summed E-state index contributed by atoms with van der Waals surface area (Å²) < 4.78 is 11.3. The van der Waals surface area contributed by atoms with Gasteiger partial charge in [0.05, 0.1) is 6.10 Å². The normalized spacial score (nSPS) is 16.7. The summed E-state index contributed by atoms with van der Waals surface area (Å²) in [5.74, 6) is 6.63. The van der Waals surface area contributed by atoms with Crippen LogP contribution >= 0.6 is 0 Å². The Bertz CT molecular complexity index is 602. The fourth-order valence-corrected chi connectivity index (χ4v) is 2.85. The SMILES string of the molecule is CC(OCC#Cc1ccccc1)C1CCN(C(=O)OC(C)(C)C)CC1. The van der Waals surface area contributed by atoms with Crippen LogP contribution in [0.25, 0.3) is 0 Å². The second-order valence-electron chi connectivity index (χ2n) is 7.49. The lowest BCUT2D eigenvalue weighted by Gasteiger charge is -2.35. The lowest BCUT2D eigenvalue weighted by Crippen LogP contribution is -2.43. The number of piperidine rings is 1. The van der Waals surface area contributed by atoms with Crippen molar-refractivity contribution in [3.8, 4) is 11.8 Å². The Morgan fingerprint density at radius 3 is 2.48 bits per heavy atom. The van der Waals surface area contributed by atoms with Crippen molar-refractivity contribution >= 4 is 6.09 Å². The fourth-order valence-electron chi connectivity index (χ4n) is 2.85. The van der Waals surface area contributed by atoms with E-state index in [1.807, 2.05) is 51.1 Å². The predicted molar refractivity (Wildman–Crippen MR) is 99.3 cm³/mol. The molecule has 1 aromatic carbocycles. The highest BCUT2D eigenvalue weighted by atomic mass is 16.6. The zero-order chi connectivity index (χ0) is 18.3. The molecule has 0 saturated carbocycles. The molecule has 1 atom stereocenters. The molecule has 1 saturated heterocycles. The van der Waals surface area contributed by atoms with Crippen LogP contribution in [0.15, 0.2) is 30.3 Å². The molecule has 0 N–H and O–H groups in total. The maximum atomic E-state index is 12.1. The molecule has 25 heavy (non-hydrogen) atoms. The van der Waals surface area contributed by atoms with E-state index < -0.39 is 5.60 Å². The van der Waals surface area contributed by atoms with Crippen LogP contribution in [0.1, 0.15) is 46.1 Å². The highest BCUT2D eigenvalue weighted by molar-refractivity contribution is 5.68. The van der Waals surface area contributed by atoms with Crippen molar-refractivity contribution in [2.24, 2.45) is 5.92 Å². The highest BCUT2D eigenvalue weighted by Crippen LogP contribution is 2.23. The summed E-state index contributed by atoms with van der Waals surface area (Å²) in [4.78, 5) is 13.9. The molecule has 136 valence electrons. The molecule has 4 heteroatoms. The molecule has 0 radical (unpaired) electrons. The molecule has 1 aliphatic heterocycles. The zero-order valence-electron chi connectivity index (χ0n) is 15.7. The van der Waals surface area contributed by atoms with E-state index in [-0.39, 0.29) is 12.2 Å². The number of carbonyl (C=O) groups excluding carboxylic acids is 1. The summed E-state index contributed by atoms with van der Waals surface area (Å²) in [5.41, 5.74) is 0.561. The largest absolute Gasteiger partial charge is 0.444 e. The summed E-state index contributed by atoms with van der Waals surface area (Å²) >= 11 is 0. The van der Waals surface area contributed by atoms with E-state index in [9.17, 15) is 4.79 Å². The Kier molecular flexibility index (Phi) is 6.90. The third-order valence-electron chi connectivity index (χ3n) is 4.28. The average molecular weight is 343 g/mol. The Hall–Kier alpha value is -1.99. The summed E-state index contributed by atoms with van der Waals surface area (Å²) in [6.45, 7) is 9.66. The van der Waals surface area contributed by atoms with Crippen molar-refractivity contribution in [2.75, 3.05) is 19.7 Å². The minimum absolute atomic E-state index is 0.144. The number of benzene rings is 1. The smallest absolute Gasteiger partial charge is 0.410 e. The quantitative estimate of drug-likeness (QED) is 0.776. The van der Waals surface area contributed by atoms with Gasteiger partial charge in [0.15, 0.2) is 0 Å². The van der Waals surface area contributed by atoms with Gasteiger partial charge in [-0.05, 0) is 58.6 Å². The van der Waals surface area contributed by atoms with Gasteiger partial charge < -0.3 is 14.4 Å². The van der Waals surface area contributed by atoms with E-state index in [2.05, 4.69) is 18.8 Å². The van der Waals surface area contributed by atoms with Gasteiger partial charge in [-0.2, -0.15) is 0 Å². The van der Waals surface area contributed by atoms with Gasteiger partial charge in [0.25, 0.3) is 0 Å².